The molecule has 4 aromatic heterocycles. The molecule has 0 fully saturated rings. The van der Waals surface area contributed by atoms with E-state index in [9.17, 15) is 4.11 Å². The summed E-state index contributed by atoms with van der Waals surface area (Å²) in [7, 11) is 0. The zero-order valence-electron chi connectivity index (χ0n) is 49.5. The lowest BCUT2D eigenvalue weighted by Gasteiger charge is -2.44. The van der Waals surface area contributed by atoms with Crippen molar-refractivity contribution in [1.82, 2.24) is 18.3 Å². The topological polar surface area (TPSA) is 26.2 Å². The minimum atomic E-state index is -2.51. The van der Waals surface area contributed by atoms with Crippen LogP contribution in [0.25, 0.3) is 110 Å². The lowest BCUT2D eigenvalue weighted by atomic mass is 9.33. The van der Waals surface area contributed by atoms with Crippen LogP contribution < -0.4 is 26.2 Å². The molecule has 2 aliphatic rings. The smallest absolute Gasteiger partial charge is 0.252 e. The van der Waals surface area contributed by atoms with E-state index >= 15 is 0 Å². The molecular weight excluding hydrogens is 1040 g/mol. The SMILES string of the molecule is [2H]C([2H])([2H])c1cc2c3c(c1)N(c1cccc4c1c1ccccc1n4-c1ccccc1)c1cc4c5ccccc5n(-c5ccccc5)c4cc1B3c1cc3c(cc1N2c1cccc2c1c1ccccc1n2-c1ccccc1)c1ccccc1n3-c1ccccc1. The van der Waals surface area contributed by atoms with Crippen molar-refractivity contribution in [2.24, 2.45) is 0 Å². The number of nitrogens with zero attached hydrogens (tertiary/aromatic N) is 6. The van der Waals surface area contributed by atoms with Crippen molar-refractivity contribution in [3.63, 3.8) is 0 Å². The number of aromatic nitrogens is 4. The van der Waals surface area contributed by atoms with Gasteiger partial charge in [-0.3, -0.25) is 0 Å². The monoisotopic (exact) mass is 1100 g/mol. The highest BCUT2D eigenvalue weighted by molar-refractivity contribution is 7.00. The molecule has 6 nitrogen and oxygen atoms in total. The lowest BCUT2D eigenvalue weighted by Crippen LogP contribution is -2.61. The van der Waals surface area contributed by atoms with Crippen molar-refractivity contribution in [2.75, 3.05) is 9.80 Å². The summed E-state index contributed by atoms with van der Waals surface area (Å²) in [6.07, 6.45) is 0. The summed E-state index contributed by atoms with van der Waals surface area (Å²) in [5.74, 6) is 0. The Morgan fingerprint density at radius 1 is 0.256 bits per heavy atom. The van der Waals surface area contributed by atoms with Crippen LogP contribution in [-0.2, 0) is 0 Å². The first-order chi connectivity index (χ1) is 43.9. The fourth-order valence-electron chi connectivity index (χ4n) is 15.2. The molecule has 0 bridgehead atoms. The molecule has 0 spiro atoms. The van der Waals surface area contributed by atoms with E-state index in [2.05, 4.69) is 307 Å². The highest BCUT2D eigenvalue weighted by atomic mass is 15.2. The van der Waals surface area contributed by atoms with E-state index < -0.39 is 13.6 Å². The van der Waals surface area contributed by atoms with Gasteiger partial charge in [0.2, 0.25) is 0 Å². The van der Waals surface area contributed by atoms with Crippen molar-refractivity contribution in [3.8, 4) is 22.7 Å². The molecule has 0 saturated carbocycles. The maximum absolute atomic E-state index is 9.59. The summed E-state index contributed by atoms with van der Waals surface area (Å²) in [6.45, 7) is -2.92. The summed E-state index contributed by atoms with van der Waals surface area (Å²) in [5.41, 5.74) is 21.9. The van der Waals surface area contributed by atoms with Gasteiger partial charge in [0, 0.05) is 92.7 Å². The van der Waals surface area contributed by atoms with Crippen molar-refractivity contribution >= 4 is 144 Å². The summed E-state index contributed by atoms with van der Waals surface area (Å²) < 4.78 is 38.3. The summed E-state index contributed by atoms with van der Waals surface area (Å²) >= 11 is 0. The first-order valence-corrected chi connectivity index (χ1v) is 29.5. The number of rotatable bonds is 6. The van der Waals surface area contributed by atoms with E-state index in [0.717, 1.165) is 160 Å². The van der Waals surface area contributed by atoms with Crippen LogP contribution in [-0.4, -0.2) is 25.0 Å². The van der Waals surface area contributed by atoms with Gasteiger partial charge in [-0.25, -0.2) is 0 Å². The summed E-state index contributed by atoms with van der Waals surface area (Å²) in [5, 5.41) is 8.78. The minimum absolute atomic E-state index is 0.258. The fourth-order valence-corrected chi connectivity index (χ4v) is 15.2. The second-order valence-corrected chi connectivity index (χ2v) is 23.0. The largest absolute Gasteiger partial charge is 0.311 e. The van der Waals surface area contributed by atoms with Gasteiger partial charge >= 0.3 is 0 Å². The molecule has 0 unspecified atom stereocenters. The van der Waals surface area contributed by atoms with Gasteiger partial charge in [0.25, 0.3) is 6.71 Å². The third kappa shape index (κ3) is 6.46. The van der Waals surface area contributed by atoms with Crippen molar-refractivity contribution in [3.05, 3.63) is 297 Å². The fraction of sp³-hybridized carbons (Fsp3) is 0.0127. The van der Waals surface area contributed by atoms with Crippen LogP contribution in [0.5, 0.6) is 0 Å². The average Bonchev–Trinajstić information content (AvgIpc) is 1.71. The predicted octanol–water partition coefficient (Wildman–Crippen LogP) is 18.5. The lowest BCUT2D eigenvalue weighted by molar-refractivity contribution is 1.18. The van der Waals surface area contributed by atoms with E-state index in [0.29, 0.717) is 0 Å². The molecule has 7 heteroatoms. The molecule has 0 saturated heterocycles. The normalized spacial score (nSPS) is 13.5. The van der Waals surface area contributed by atoms with Crippen molar-refractivity contribution in [1.29, 1.82) is 0 Å². The summed E-state index contributed by atoms with van der Waals surface area (Å²) in [4.78, 5) is 4.87. The molecular formula is C79H51BN6. The standard InChI is InChI=1S/C79H51BN6/c1-50-44-75-79-76(45-50)86(70-43-23-41-68-78(70)58-35-17-21-39-66(58)82(68)52-26-8-3-9-27-52)74-47-60-56-33-15-19-37-64(56)84(54-30-12-5-13-31-54)72(60)49-62(74)80(79)61-48-71-59(55-32-14-18-36-63(55)83(71)53-28-10-4-11-29-53)46-73(61)85(75)69-42-22-40-67-77(69)57-34-16-20-38-65(57)81(67)51-24-6-2-7-25-51/h2-49H,1H3/i1D3. The van der Waals surface area contributed by atoms with Gasteiger partial charge in [-0.1, -0.05) is 158 Å². The number of fused-ring (bicyclic) bond motifs is 16. The zero-order valence-corrected chi connectivity index (χ0v) is 46.5. The average molecular weight is 1100 g/mol. The Bertz CT molecular complexity index is 5460. The molecule has 86 heavy (non-hydrogen) atoms. The van der Waals surface area contributed by atoms with Crippen LogP contribution >= 0.6 is 0 Å². The van der Waals surface area contributed by atoms with Crippen molar-refractivity contribution < 1.29 is 4.11 Å². The van der Waals surface area contributed by atoms with Crippen molar-refractivity contribution in [2.45, 2.75) is 6.85 Å². The molecule has 13 aromatic carbocycles. The third-order valence-corrected chi connectivity index (χ3v) is 18.5. The maximum atomic E-state index is 9.59. The maximum Gasteiger partial charge on any atom is 0.252 e. The van der Waals surface area contributed by atoms with Gasteiger partial charge in [0.15, 0.2) is 0 Å². The van der Waals surface area contributed by atoms with E-state index in [1.165, 1.54) is 0 Å². The van der Waals surface area contributed by atoms with E-state index in [1.54, 1.807) is 0 Å². The number of para-hydroxylation sites is 8. The van der Waals surface area contributed by atoms with E-state index in [1.807, 2.05) is 12.1 Å². The molecule has 400 valence electrons. The van der Waals surface area contributed by atoms with Gasteiger partial charge in [-0.05, 0) is 162 Å². The summed E-state index contributed by atoms with van der Waals surface area (Å²) in [6, 6.07) is 105. The number of hydrogen-bond acceptors (Lipinski definition) is 2. The number of hydrogen-bond donors (Lipinski definition) is 0. The molecule has 19 rings (SSSR count). The second-order valence-electron chi connectivity index (χ2n) is 23.0. The van der Waals surface area contributed by atoms with Gasteiger partial charge < -0.3 is 28.1 Å². The second kappa shape index (κ2) is 17.9. The van der Waals surface area contributed by atoms with Crippen LogP contribution in [0.4, 0.5) is 34.1 Å². The quantitative estimate of drug-likeness (QED) is 0.155. The van der Waals surface area contributed by atoms with Crippen LogP contribution in [0, 0.1) is 6.85 Å². The third-order valence-electron chi connectivity index (χ3n) is 18.5. The van der Waals surface area contributed by atoms with Crippen LogP contribution in [0.2, 0.25) is 0 Å². The first-order valence-electron chi connectivity index (χ1n) is 31.0. The Labute approximate surface area is 500 Å². The van der Waals surface area contributed by atoms with Gasteiger partial charge in [0.1, 0.15) is 0 Å². The van der Waals surface area contributed by atoms with Gasteiger partial charge in [-0.15, -0.1) is 0 Å². The molecule has 0 atom stereocenters. The zero-order chi connectivity index (χ0) is 58.8. The Hall–Kier alpha value is -11.3. The molecule has 17 aromatic rings. The van der Waals surface area contributed by atoms with E-state index in [-0.39, 0.29) is 5.56 Å². The van der Waals surface area contributed by atoms with Crippen LogP contribution in [0.3, 0.4) is 0 Å². The van der Waals surface area contributed by atoms with Gasteiger partial charge in [-0.2, -0.15) is 0 Å². The Balaban J connectivity index is 1.02. The molecule has 0 amide bonds. The Kier molecular flexibility index (Phi) is 9.21. The molecule has 0 N–H and O–H groups in total. The number of aryl methyl sites for hydroxylation is 1. The van der Waals surface area contributed by atoms with Crippen LogP contribution in [0.1, 0.15) is 9.68 Å². The predicted molar refractivity (Wildman–Crippen MR) is 363 cm³/mol. The number of anilines is 6. The molecule has 0 radical (unpaired) electrons. The molecule has 2 aliphatic heterocycles. The highest BCUT2D eigenvalue weighted by Gasteiger charge is 2.45. The van der Waals surface area contributed by atoms with Gasteiger partial charge in [0.05, 0.1) is 55.5 Å². The first kappa shape index (κ1) is 44.3. The Morgan fingerprint density at radius 3 is 0.965 bits per heavy atom. The van der Waals surface area contributed by atoms with Crippen LogP contribution in [0.15, 0.2) is 291 Å². The Morgan fingerprint density at radius 2 is 0.581 bits per heavy atom. The minimum Gasteiger partial charge on any atom is -0.311 e. The molecule has 0 aliphatic carbocycles. The number of benzene rings is 13. The molecule has 6 heterocycles. The highest BCUT2D eigenvalue weighted by Crippen LogP contribution is 2.52. The van der Waals surface area contributed by atoms with E-state index in [4.69, 9.17) is 0 Å².